The van der Waals surface area contributed by atoms with Crippen LogP contribution in [0.2, 0.25) is 0 Å². The minimum absolute atomic E-state index is 0.434. The molecule has 2 aromatic rings. The van der Waals surface area contributed by atoms with Crippen molar-refractivity contribution in [3.05, 3.63) is 48.2 Å². The maximum atomic E-state index is 8.94. The number of nitriles is 1. The van der Waals surface area contributed by atoms with Gasteiger partial charge in [-0.3, -0.25) is 0 Å². The Labute approximate surface area is 93.4 Å². The van der Waals surface area contributed by atoms with Crippen LogP contribution in [0.3, 0.4) is 0 Å². The number of rotatable bonds is 2. The maximum Gasteiger partial charge on any atom is 0.148 e. The van der Waals surface area contributed by atoms with Crippen molar-refractivity contribution in [2.24, 2.45) is 0 Å². The van der Waals surface area contributed by atoms with Crippen LogP contribution in [0.4, 0.5) is 17.2 Å². The number of nitrogens with two attached hydrogens (primary N) is 1. The molecular weight excluding hydrogens is 200 g/mol. The highest BCUT2D eigenvalue weighted by molar-refractivity contribution is 5.64. The number of nitrogen functional groups attached to an aromatic ring is 1. The van der Waals surface area contributed by atoms with E-state index in [9.17, 15) is 0 Å². The van der Waals surface area contributed by atoms with Crippen molar-refractivity contribution in [3.63, 3.8) is 0 Å². The van der Waals surface area contributed by atoms with Crippen molar-refractivity contribution in [1.29, 1.82) is 5.26 Å². The Morgan fingerprint density at radius 3 is 2.69 bits per heavy atom. The average molecular weight is 210 g/mol. The summed E-state index contributed by atoms with van der Waals surface area (Å²) in [6.07, 6.45) is 1.52. The molecule has 1 aromatic heterocycles. The maximum absolute atomic E-state index is 8.94. The van der Waals surface area contributed by atoms with Gasteiger partial charge in [-0.2, -0.15) is 5.26 Å². The van der Waals surface area contributed by atoms with Crippen LogP contribution in [0.15, 0.2) is 42.6 Å². The van der Waals surface area contributed by atoms with Gasteiger partial charge in [0.2, 0.25) is 0 Å². The number of hydrogen-bond acceptors (Lipinski definition) is 4. The van der Waals surface area contributed by atoms with Gasteiger partial charge in [0.05, 0.1) is 17.4 Å². The first-order valence-electron chi connectivity index (χ1n) is 4.77. The molecule has 0 amide bonds. The summed E-state index contributed by atoms with van der Waals surface area (Å²) >= 11 is 0. The van der Waals surface area contributed by atoms with Crippen LogP contribution in [0.5, 0.6) is 0 Å². The van der Waals surface area contributed by atoms with E-state index in [1.54, 1.807) is 6.07 Å². The molecule has 3 N–H and O–H groups in total. The molecule has 0 aliphatic carbocycles. The fourth-order valence-corrected chi connectivity index (χ4v) is 1.32. The third-order valence-corrected chi connectivity index (χ3v) is 2.07. The fraction of sp³-hybridized carbons (Fsp3) is 0. The van der Waals surface area contributed by atoms with Crippen molar-refractivity contribution in [3.8, 4) is 6.07 Å². The number of pyridine rings is 1. The molecule has 0 aliphatic rings. The van der Waals surface area contributed by atoms with Gasteiger partial charge in [-0.1, -0.05) is 18.2 Å². The lowest BCUT2D eigenvalue weighted by molar-refractivity contribution is 1.29. The SMILES string of the molecule is N#Cc1cc(N)cnc1Nc1ccccc1. The number of aromatic nitrogens is 1. The molecule has 0 bridgehead atoms. The summed E-state index contributed by atoms with van der Waals surface area (Å²) in [6.45, 7) is 0. The molecule has 4 nitrogen and oxygen atoms in total. The highest BCUT2D eigenvalue weighted by atomic mass is 15.0. The third kappa shape index (κ3) is 2.10. The lowest BCUT2D eigenvalue weighted by Gasteiger charge is -2.06. The second-order valence-corrected chi connectivity index (χ2v) is 3.27. The van der Waals surface area contributed by atoms with Crippen molar-refractivity contribution in [2.75, 3.05) is 11.1 Å². The van der Waals surface area contributed by atoms with Crippen LogP contribution in [0.25, 0.3) is 0 Å². The van der Waals surface area contributed by atoms with Gasteiger partial charge in [0.25, 0.3) is 0 Å². The molecule has 0 saturated heterocycles. The second-order valence-electron chi connectivity index (χ2n) is 3.27. The van der Waals surface area contributed by atoms with Gasteiger partial charge in [-0.25, -0.2) is 4.98 Å². The first-order valence-corrected chi connectivity index (χ1v) is 4.77. The minimum Gasteiger partial charge on any atom is -0.397 e. The monoisotopic (exact) mass is 210 g/mol. The topological polar surface area (TPSA) is 74.7 Å². The van der Waals surface area contributed by atoms with Crippen molar-refractivity contribution in [1.82, 2.24) is 4.98 Å². The van der Waals surface area contributed by atoms with Gasteiger partial charge in [0, 0.05) is 5.69 Å². The molecule has 0 spiro atoms. The summed E-state index contributed by atoms with van der Waals surface area (Å²) in [7, 11) is 0. The van der Waals surface area contributed by atoms with E-state index in [-0.39, 0.29) is 0 Å². The van der Waals surface area contributed by atoms with Crippen molar-refractivity contribution < 1.29 is 0 Å². The zero-order chi connectivity index (χ0) is 11.4. The quantitative estimate of drug-likeness (QED) is 0.797. The fourth-order valence-electron chi connectivity index (χ4n) is 1.32. The first kappa shape index (κ1) is 9.99. The molecule has 0 aliphatic heterocycles. The smallest absolute Gasteiger partial charge is 0.148 e. The summed E-state index contributed by atoms with van der Waals surface area (Å²) in [5.41, 5.74) is 7.36. The predicted molar refractivity (Wildman–Crippen MR) is 63.1 cm³/mol. The lowest BCUT2D eigenvalue weighted by atomic mass is 10.2. The lowest BCUT2D eigenvalue weighted by Crippen LogP contribution is -1.98. The molecule has 78 valence electrons. The summed E-state index contributed by atoms with van der Waals surface area (Å²) in [5, 5.41) is 12.0. The summed E-state index contributed by atoms with van der Waals surface area (Å²) < 4.78 is 0. The van der Waals surface area contributed by atoms with Gasteiger partial charge in [-0.05, 0) is 18.2 Å². The van der Waals surface area contributed by atoms with Gasteiger partial charge in [0.15, 0.2) is 0 Å². The van der Waals surface area contributed by atoms with Crippen LogP contribution in [-0.2, 0) is 0 Å². The normalized spacial score (nSPS) is 9.44. The predicted octanol–water partition coefficient (Wildman–Crippen LogP) is 2.28. The average Bonchev–Trinajstić information content (AvgIpc) is 2.33. The Balaban J connectivity index is 2.32. The van der Waals surface area contributed by atoms with Crippen LogP contribution in [0.1, 0.15) is 5.56 Å². The van der Waals surface area contributed by atoms with Crippen LogP contribution in [-0.4, -0.2) is 4.98 Å². The molecule has 1 heterocycles. The van der Waals surface area contributed by atoms with Gasteiger partial charge < -0.3 is 11.1 Å². The van der Waals surface area contributed by atoms with Crippen LogP contribution >= 0.6 is 0 Å². The molecule has 0 fully saturated rings. The third-order valence-electron chi connectivity index (χ3n) is 2.07. The van der Waals surface area contributed by atoms with E-state index in [4.69, 9.17) is 11.0 Å². The Hall–Kier alpha value is -2.54. The van der Waals surface area contributed by atoms with E-state index in [1.807, 2.05) is 30.3 Å². The number of anilines is 3. The highest BCUT2D eigenvalue weighted by Gasteiger charge is 2.03. The summed E-state index contributed by atoms with van der Waals surface area (Å²) in [6, 6.07) is 13.2. The Morgan fingerprint density at radius 1 is 1.25 bits per heavy atom. The standard InChI is InChI=1S/C12H10N4/c13-7-9-6-10(14)8-15-12(9)16-11-4-2-1-3-5-11/h1-6,8H,14H2,(H,15,16). The molecule has 4 heteroatoms. The van der Waals surface area contributed by atoms with Gasteiger partial charge in [0.1, 0.15) is 11.9 Å². The molecule has 0 unspecified atom stereocenters. The minimum atomic E-state index is 0.434. The number of para-hydroxylation sites is 1. The largest absolute Gasteiger partial charge is 0.397 e. The summed E-state index contributed by atoms with van der Waals surface area (Å²) in [5.74, 6) is 0.517. The summed E-state index contributed by atoms with van der Waals surface area (Å²) in [4.78, 5) is 4.09. The Bertz CT molecular complexity index is 528. The molecule has 2 rings (SSSR count). The molecule has 0 saturated carbocycles. The van der Waals surface area contributed by atoms with E-state index in [1.165, 1.54) is 6.20 Å². The van der Waals surface area contributed by atoms with Gasteiger partial charge >= 0.3 is 0 Å². The van der Waals surface area contributed by atoms with Gasteiger partial charge in [-0.15, -0.1) is 0 Å². The number of nitrogens with zero attached hydrogens (tertiary/aromatic N) is 2. The molecule has 0 radical (unpaired) electrons. The zero-order valence-corrected chi connectivity index (χ0v) is 8.51. The Morgan fingerprint density at radius 2 is 2.00 bits per heavy atom. The van der Waals surface area contributed by atoms with Crippen molar-refractivity contribution >= 4 is 17.2 Å². The van der Waals surface area contributed by atoms with E-state index in [0.717, 1.165) is 5.69 Å². The number of benzene rings is 1. The second kappa shape index (κ2) is 4.32. The number of nitrogens with one attached hydrogen (secondary N) is 1. The molecule has 0 atom stereocenters. The first-order chi connectivity index (χ1) is 7.79. The van der Waals surface area contributed by atoms with Crippen molar-refractivity contribution in [2.45, 2.75) is 0 Å². The number of hydrogen-bond donors (Lipinski definition) is 2. The van der Waals surface area contributed by atoms with E-state index < -0.39 is 0 Å². The van der Waals surface area contributed by atoms with Crippen LogP contribution < -0.4 is 11.1 Å². The molecule has 1 aromatic carbocycles. The highest BCUT2D eigenvalue weighted by Crippen LogP contribution is 2.19. The zero-order valence-electron chi connectivity index (χ0n) is 8.51. The van der Waals surface area contributed by atoms with E-state index >= 15 is 0 Å². The van der Waals surface area contributed by atoms with E-state index in [0.29, 0.717) is 17.1 Å². The molecule has 16 heavy (non-hydrogen) atoms. The van der Waals surface area contributed by atoms with E-state index in [2.05, 4.69) is 16.4 Å². The molecular formula is C12H10N4. The van der Waals surface area contributed by atoms with Crippen LogP contribution in [0, 0.1) is 11.3 Å². The Kier molecular flexibility index (Phi) is 2.70.